The van der Waals surface area contributed by atoms with Crippen LogP contribution >= 0.6 is 0 Å². The quantitative estimate of drug-likeness (QED) is 0.332. The molecule has 5 N–H and O–H groups in total. The summed E-state index contributed by atoms with van der Waals surface area (Å²) in [6.07, 6.45) is -1.85. The molecule has 1 saturated heterocycles. The molecule has 0 spiro atoms. The minimum absolute atomic E-state index is 0.282. The van der Waals surface area contributed by atoms with Gasteiger partial charge in [-0.3, -0.25) is 0 Å². The smallest absolute Gasteiger partial charge is 0.147 e. The zero-order valence-electron chi connectivity index (χ0n) is 6.55. The number of epoxide rings is 1. The van der Waals surface area contributed by atoms with Crippen molar-refractivity contribution in [1.29, 1.82) is 0 Å². The number of aliphatic hydroxyl groups excluding tert-OH is 3. The highest BCUT2D eigenvalue weighted by Crippen LogP contribution is 2.46. The van der Waals surface area contributed by atoms with Gasteiger partial charge in [-0.1, -0.05) is 0 Å². The van der Waals surface area contributed by atoms with E-state index in [9.17, 15) is 10.2 Å². The molecule has 5 unspecified atom stereocenters. The van der Waals surface area contributed by atoms with Crippen molar-refractivity contribution >= 4 is 0 Å². The Hall–Kier alpha value is -0.200. The fraction of sp³-hybridized carbons (Fsp3) is 1.00. The number of aliphatic hydroxyl groups is 3. The molecular weight excluding hydrogens is 162 g/mol. The molecule has 70 valence electrons. The van der Waals surface area contributed by atoms with Crippen molar-refractivity contribution in [3.05, 3.63) is 0 Å². The summed E-state index contributed by atoms with van der Waals surface area (Å²) in [5.74, 6) is 0. The fourth-order valence-corrected chi connectivity index (χ4v) is 1.97. The summed E-state index contributed by atoms with van der Waals surface area (Å²) in [6.45, 7) is -0.288. The molecule has 0 amide bonds. The van der Waals surface area contributed by atoms with Crippen molar-refractivity contribution in [3.63, 3.8) is 0 Å². The van der Waals surface area contributed by atoms with Crippen molar-refractivity contribution in [1.82, 2.24) is 0 Å². The molecular formula is C7H13NO4. The number of hydrogen-bond acceptors (Lipinski definition) is 5. The van der Waals surface area contributed by atoms with Gasteiger partial charge in [-0.15, -0.1) is 0 Å². The zero-order valence-corrected chi connectivity index (χ0v) is 6.55. The van der Waals surface area contributed by atoms with E-state index in [0.29, 0.717) is 6.42 Å². The van der Waals surface area contributed by atoms with Gasteiger partial charge in [-0.25, -0.2) is 0 Å². The average Bonchev–Trinajstić information content (AvgIpc) is 2.77. The average molecular weight is 175 g/mol. The van der Waals surface area contributed by atoms with E-state index in [-0.39, 0.29) is 18.8 Å². The number of nitrogens with two attached hydrogens (primary N) is 1. The topological polar surface area (TPSA) is 99.2 Å². The van der Waals surface area contributed by atoms with Crippen molar-refractivity contribution in [2.75, 3.05) is 6.61 Å². The highest BCUT2D eigenvalue weighted by atomic mass is 16.6. The Morgan fingerprint density at radius 2 is 2.17 bits per heavy atom. The lowest BCUT2D eigenvalue weighted by molar-refractivity contribution is -0.0566. The molecule has 12 heavy (non-hydrogen) atoms. The van der Waals surface area contributed by atoms with Crippen LogP contribution in [0.5, 0.6) is 0 Å². The molecule has 1 saturated carbocycles. The maximum atomic E-state index is 9.47. The van der Waals surface area contributed by atoms with E-state index in [1.165, 1.54) is 0 Å². The van der Waals surface area contributed by atoms with Crippen LogP contribution in [0.15, 0.2) is 0 Å². The lowest BCUT2D eigenvalue weighted by atomic mass is 9.82. The number of hydrogen-bond donors (Lipinski definition) is 4. The van der Waals surface area contributed by atoms with Gasteiger partial charge in [0.2, 0.25) is 0 Å². The van der Waals surface area contributed by atoms with Gasteiger partial charge in [0, 0.05) is 6.04 Å². The summed E-state index contributed by atoms with van der Waals surface area (Å²) in [7, 11) is 0. The molecule has 2 rings (SSSR count). The van der Waals surface area contributed by atoms with E-state index in [2.05, 4.69) is 0 Å². The molecule has 0 bridgehead atoms. The predicted octanol–water partition coefficient (Wildman–Crippen LogP) is -2.43. The first-order valence-electron chi connectivity index (χ1n) is 4.02. The van der Waals surface area contributed by atoms with Gasteiger partial charge in [-0.05, 0) is 6.42 Å². The van der Waals surface area contributed by atoms with E-state index in [1.54, 1.807) is 0 Å². The van der Waals surface area contributed by atoms with E-state index >= 15 is 0 Å². The summed E-state index contributed by atoms with van der Waals surface area (Å²) in [5, 5.41) is 27.7. The van der Waals surface area contributed by atoms with Gasteiger partial charge in [0.15, 0.2) is 0 Å². The van der Waals surface area contributed by atoms with Crippen LogP contribution in [0.3, 0.4) is 0 Å². The van der Waals surface area contributed by atoms with E-state index < -0.39 is 17.8 Å². The van der Waals surface area contributed by atoms with E-state index in [0.717, 1.165) is 0 Å². The molecule has 0 aromatic carbocycles. The molecule has 0 radical (unpaired) electrons. The number of ether oxygens (including phenoxy) is 1. The highest BCUT2D eigenvalue weighted by Gasteiger charge is 2.67. The third kappa shape index (κ3) is 0.855. The monoisotopic (exact) mass is 175 g/mol. The molecule has 5 nitrogen and oxygen atoms in total. The highest BCUT2D eigenvalue weighted by molar-refractivity contribution is 5.17. The zero-order chi connectivity index (χ0) is 8.93. The molecule has 5 heteroatoms. The molecule has 2 fully saturated rings. The summed E-state index contributed by atoms with van der Waals surface area (Å²) in [4.78, 5) is 0. The maximum Gasteiger partial charge on any atom is 0.147 e. The first kappa shape index (κ1) is 8.40. The Morgan fingerprint density at radius 1 is 1.50 bits per heavy atom. The van der Waals surface area contributed by atoms with Gasteiger partial charge in [0.1, 0.15) is 17.8 Å². The summed E-state index contributed by atoms with van der Waals surface area (Å²) < 4.78 is 5.12. The van der Waals surface area contributed by atoms with E-state index in [4.69, 9.17) is 15.6 Å². The summed E-state index contributed by atoms with van der Waals surface area (Å²) in [5.41, 5.74) is 4.65. The standard InChI is InChI=1S/C7H13NO4/c8-3-1-4(10)5(11)7(2-9)6(3)12-7/h3-6,9-11H,1-2,8H2. The molecule has 5 atom stereocenters. The molecule has 1 heterocycles. The molecule has 1 aliphatic heterocycles. The van der Waals surface area contributed by atoms with Crippen molar-refractivity contribution in [2.45, 2.75) is 36.4 Å². The van der Waals surface area contributed by atoms with Crippen molar-refractivity contribution < 1.29 is 20.1 Å². The van der Waals surface area contributed by atoms with Crippen LogP contribution in [0, 0.1) is 0 Å². The van der Waals surface area contributed by atoms with Crippen LogP contribution in [0.25, 0.3) is 0 Å². The Morgan fingerprint density at radius 3 is 2.75 bits per heavy atom. The van der Waals surface area contributed by atoms with Crippen LogP contribution < -0.4 is 5.73 Å². The third-order valence-electron chi connectivity index (χ3n) is 2.79. The molecule has 0 aromatic rings. The number of rotatable bonds is 1. The van der Waals surface area contributed by atoms with E-state index in [1.807, 2.05) is 0 Å². The summed E-state index contributed by atoms with van der Waals surface area (Å²) in [6, 6.07) is -0.282. The van der Waals surface area contributed by atoms with Crippen LogP contribution in [0.4, 0.5) is 0 Å². The van der Waals surface area contributed by atoms with Gasteiger partial charge < -0.3 is 25.8 Å². The van der Waals surface area contributed by atoms with Gasteiger partial charge >= 0.3 is 0 Å². The normalized spacial score (nSPS) is 58.0. The second-order valence-corrected chi connectivity index (χ2v) is 3.56. The second kappa shape index (κ2) is 2.40. The third-order valence-corrected chi connectivity index (χ3v) is 2.79. The summed E-state index contributed by atoms with van der Waals surface area (Å²) >= 11 is 0. The Bertz CT molecular complexity index is 200. The van der Waals surface area contributed by atoms with Crippen LogP contribution in [-0.2, 0) is 4.74 Å². The fourth-order valence-electron chi connectivity index (χ4n) is 1.97. The van der Waals surface area contributed by atoms with Crippen LogP contribution in [0.2, 0.25) is 0 Å². The Labute approximate surface area is 69.8 Å². The van der Waals surface area contributed by atoms with Crippen LogP contribution in [0.1, 0.15) is 6.42 Å². The SMILES string of the molecule is NC1CC(O)C(O)C2(CO)OC12. The van der Waals surface area contributed by atoms with Gasteiger partial charge in [0.25, 0.3) is 0 Å². The molecule has 1 aliphatic carbocycles. The molecule has 2 aliphatic rings. The lowest BCUT2D eigenvalue weighted by Gasteiger charge is -2.29. The van der Waals surface area contributed by atoms with Gasteiger partial charge in [0.05, 0.1) is 12.7 Å². The largest absolute Gasteiger partial charge is 0.393 e. The molecule has 0 aromatic heterocycles. The van der Waals surface area contributed by atoms with Crippen LogP contribution in [-0.4, -0.2) is 51.9 Å². The maximum absolute atomic E-state index is 9.47. The lowest BCUT2D eigenvalue weighted by Crippen LogP contribution is -2.54. The first-order valence-corrected chi connectivity index (χ1v) is 4.02. The minimum Gasteiger partial charge on any atom is -0.393 e. The first-order chi connectivity index (χ1) is 5.62. The Kier molecular flexibility index (Phi) is 1.68. The van der Waals surface area contributed by atoms with Gasteiger partial charge in [-0.2, -0.15) is 0 Å². The second-order valence-electron chi connectivity index (χ2n) is 3.56. The van der Waals surface area contributed by atoms with Crippen molar-refractivity contribution in [3.8, 4) is 0 Å². The Balaban J connectivity index is 2.17. The van der Waals surface area contributed by atoms with Crippen molar-refractivity contribution in [2.24, 2.45) is 5.73 Å². The number of fused-ring (bicyclic) bond motifs is 1. The minimum atomic E-state index is -1.01. The predicted molar refractivity (Wildman–Crippen MR) is 39.3 cm³/mol.